The van der Waals surface area contributed by atoms with Crippen molar-refractivity contribution in [3.8, 4) is 22.6 Å². The molecule has 148 valence electrons. The van der Waals surface area contributed by atoms with Gasteiger partial charge in [-0.2, -0.15) is 0 Å². The zero-order chi connectivity index (χ0) is 19.6. The number of rotatable bonds is 6. The van der Waals surface area contributed by atoms with E-state index in [0.29, 0.717) is 13.2 Å². The largest absolute Gasteiger partial charge is 0.490 e. The molecule has 0 aliphatic carbocycles. The van der Waals surface area contributed by atoms with Gasteiger partial charge in [-0.15, -0.1) is 5.10 Å². The Labute approximate surface area is 170 Å². The predicted octanol–water partition coefficient (Wildman–Crippen LogP) is 5.12. The van der Waals surface area contributed by atoms with Crippen molar-refractivity contribution in [3.63, 3.8) is 0 Å². The van der Waals surface area contributed by atoms with Gasteiger partial charge in [0.25, 0.3) is 0 Å². The molecule has 2 aromatic carbocycles. The van der Waals surface area contributed by atoms with Gasteiger partial charge in [0.05, 0.1) is 6.61 Å². The summed E-state index contributed by atoms with van der Waals surface area (Å²) in [6.07, 6.45) is 5.59. The van der Waals surface area contributed by atoms with Gasteiger partial charge in [-0.1, -0.05) is 42.5 Å². The monoisotopic (exact) mass is 387 g/mol. The van der Waals surface area contributed by atoms with Crippen molar-refractivity contribution >= 4 is 5.65 Å². The van der Waals surface area contributed by atoms with Crippen LogP contribution in [0.4, 0.5) is 0 Å². The normalized spacial score (nSPS) is 13.4. The van der Waals surface area contributed by atoms with E-state index in [4.69, 9.17) is 14.6 Å². The molecule has 0 N–H and O–H groups in total. The van der Waals surface area contributed by atoms with Gasteiger partial charge >= 0.3 is 0 Å². The summed E-state index contributed by atoms with van der Waals surface area (Å²) in [5.41, 5.74) is 5.14. The summed E-state index contributed by atoms with van der Waals surface area (Å²) in [6.45, 7) is 3.99. The van der Waals surface area contributed by atoms with E-state index in [2.05, 4.69) is 41.1 Å². The topological polar surface area (TPSA) is 40.7 Å². The van der Waals surface area contributed by atoms with E-state index in [0.717, 1.165) is 36.7 Å². The second kappa shape index (κ2) is 7.66. The molecule has 3 heterocycles. The molecule has 0 bridgehead atoms. The Hall–Kier alpha value is -3.21. The summed E-state index contributed by atoms with van der Waals surface area (Å²) in [4.78, 5) is 0. The molecule has 5 rings (SSSR count). The maximum atomic E-state index is 6.12. The molecular weight excluding hydrogens is 362 g/mol. The van der Waals surface area contributed by atoms with Gasteiger partial charge < -0.3 is 14.0 Å². The molecule has 1 aliphatic heterocycles. The van der Waals surface area contributed by atoms with Crippen LogP contribution in [0.3, 0.4) is 0 Å². The average Bonchev–Trinajstić information content (AvgIpc) is 3.17. The molecule has 29 heavy (non-hydrogen) atoms. The second-order valence-electron chi connectivity index (χ2n) is 7.35. The van der Waals surface area contributed by atoms with Crippen molar-refractivity contribution < 1.29 is 9.47 Å². The summed E-state index contributed by atoms with van der Waals surface area (Å²) in [7, 11) is 0. The lowest BCUT2D eigenvalue weighted by Crippen LogP contribution is -2.08. The molecule has 5 nitrogen and oxygen atoms in total. The van der Waals surface area contributed by atoms with Crippen molar-refractivity contribution in [2.45, 2.75) is 39.3 Å². The number of aryl methyl sites for hydroxylation is 2. The summed E-state index contributed by atoms with van der Waals surface area (Å²) < 4.78 is 16.2. The summed E-state index contributed by atoms with van der Waals surface area (Å²) in [5, 5.41) is 4.88. The van der Waals surface area contributed by atoms with Gasteiger partial charge in [0.15, 0.2) is 17.3 Å². The van der Waals surface area contributed by atoms with E-state index < -0.39 is 0 Å². The third kappa shape index (κ3) is 3.27. The van der Waals surface area contributed by atoms with Crippen LogP contribution in [-0.2, 0) is 19.6 Å². The quantitative estimate of drug-likeness (QED) is 0.461. The number of ether oxygens (including phenoxy) is 2. The van der Waals surface area contributed by atoms with Crippen molar-refractivity contribution in [2.75, 3.05) is 6.61 Å². The van der Waals surface area contributed by atoms with E-state index in [1.807, 2.05) is 35.7 Å². The average molecular weight is 387 g/mol. The van der Waals surface area contributed by atoms with Gasteiger partial charge in [0.1, 0.15) is 12.3 Å². The predicted molar refractivity (Wildman–Crippen MR) is 113 cm³/mol. The third-order valence-corrected chi connectivity index (χ3v) is 5.50. The Kier molecular flexibility index (Phi) is 4.72. The maximum Gasteiger partial charge on any atom is 0.169 e. The molecule has 0 atom stereocenters. The Balaban J connectivity index is 1.50. The standard InChI is InChI=1S/C24H25N3O2/c1-2-28-21-13-6-7-14-22(21)29-17-23-25-27-16-20(18-10-4-3-5-11-18)19-12-8-9-15-26(23)24(19)27/h3-7,10-11,13-14,16H,2,8-9,12,15,17H2,1H3. The highest BCUT2D eigenvalue weighted by Gasteiger charge is 2.22. The summed E-state index contributed by atoms with van der Waals surface area (Å²) in [5.74, 6) is 2.49. The number of para-hydroxylation sites is 2. The number of nitrogens with zero attached hydrogens (tertiary/aromatic N) is 3. The maximum absolute atomic E-state index is 6.12. The third-order valence-electron chi connectivity index (χ3n) is 5.50. The Morgan fingerprint density at radius 2 is 1.69 bits per heavy atom. The Morgan fingerprint density at radius 1 is 0.931 bits per heavy atom. The highest BCUT2D eigenvalue weighted by Crippen LogP contribution is 2.33. The summed E-state index contributed by atoms with van der Waals surface area (Å²) in [6, 6.07) is 18.4. The molecule has 0 amide bonds. The molecule has 0 saturated heterocycles. The highest BCUT2D eigenvalue weighted by molar-refractivity contribution is 5.75. The van der Waals surface area contributed by atoms with Crippen LogP contribution < -0.4 is 9.47 Å². The molecule has 4 aromatic rings. The molecule has 0 fully saturated rings. The van der Waals surface area contributed by atoms with E-state index in [1.165, 1.54) is 28.8 Å². The summed E-state index contributed by atoms with van der Waals surface area (Å²) >= 11 is 0. The number of aromatic nitrogens is 3. The Bertz CT molecular complexity index is 1130. The fraction of sp³-hybridized carbons (Fsp3) is 0.292. The van der Waals surface area contributed by atoms with Crippen molar-refractivity contribution in [1.82, 2.24) is 14.2 Å². The minimum absolute atomic E-state index is 0.422. The second-order valence-corrected chi connectivity index (χ2v) is 7.35. The van der Waals surface area contributed by atoms with Crippen LogP contribution >= 0.6 is 0 Å². The van der Waals surface area contributed by atoms with Gasteiger partial charge in [-0.25, -0.2) is 4.52 Å². The number of hydrogen-bond donors (Lipinski definition) is 0. The number of benzene rings is 2. The van der Waals surface area contributed by atoms with E-state index in [-0.39, 0.29) is 0 Å². The minimum Gasteiger partial charge on any atom is -0.490 e. The zero-order valence-corrected chi connectivity index (χ0v) is 16.7. The van der Waals surface area contributed by atoms with E-state index in [9.17, 15) is 0 Å². The lowest BCUT2D eigenvalue weighted by molar-refractivity contribution is 0.259. The lowest BCUT2D eigenvalue weighted by atomic mass is 10.0. The first kappa shape index (κ1) is 17.9. The van der Waals surface area contributed by atoms with Crippen LogP contribution in [0, 0.1) is 0 Å². The fourth-order valence-electron chi connectivity index (χ4n) is 4.20. The zero-order valence-electron chi connectivity index (χ0n) is 16.7. The van der Waals surface area contributed by atoms with Crippen LogP contribution in [0.5, 0.6) is 11.5 Å². The molecule has 0 saturated carbocycles. The highest BCUT2D eigenvalue weighted by atomic mass is 16.5. The molecule has 0 unspecified atom stereocenters. The van der Waals surface area contributed by atoms with Crippen LogP contribution in [0.15, 0.2) is 60.8 Å². The van der Waals surface area contributed by atoms with Gasteiger partial charge in [-0.05, 0) is 43.9 Å². The smallest absolute Gasteiger partial charge is 0.169 e. The van der Waals surface area contributed by atoms with Gasteiger partial charge in [0.2, 0.25) is 0 Å². The van der Waals surface area contributed by atoms with Gasteiger partial charge in [0, 0.05) is 23.9 Å². The van der Waals surface area contributed by atoms with Crippen molar-refractivity contribution in [1.29, 1.82) is 0 Å². The van der Waals surface area contributed by atoms with Crippen LogP contribution in [0.1, 0.15) is 31.2 Å². The van der Waals surface area contributed by atoms with E-state index >= 15 is 0 Å². The van der Waals surface area contributed by atoms with Gasteiger partial charge in [-0.3, -0.25) is 0 Å². The van der Waals surface area contributed by atoms with Crippen molar-refractivity contribution in [3.05, 3.63) is 72.2 Å². The molecule has 0 spiro atoms. The van der Waals surface area contributed by atoms with Crippen LogP contribution in [0.25, 0.3) is 16.8 Å². The first-order chi connectivity index (χ1) is 14.3. The SMILES string of the molecule is CCOc1ccccc1OCc1nn2cc(-c3ccccc3)c3c2n1CCCC3. The van der Waals surface area contributed by atoms with Crippen LogP contribution in [-0.4, -0.2) is 20.8 Å². The molecular formula is C24H25N3O2. The molecule has 5 heteroatoms. The van der Waals surface area contributed by atoms with Crippen molar-refractivity contribution in [2.24, 2.45) is 0 Å². The lowest BCUT2D eigenvalue weighted by Gasteiger charge is -2.12. The molecule has 0 radical (unpaired) electrons. The Morgan fingerprint density at radius 3 is 2.48 bits per heavy atom. The van der Waals surface area contributed by atoms with E-state index in [1.54, 1.807) is 0 Å². The molecule has 1 aliphatic rings. The number of hydrogen-bond acceptors (Lipinski definition) is 3. The fourth-order valence-corrected chi connectivity index (χ4v) is 4.20. The molecule has 2 aromatic heterocycles. The first-order valence-corrected chi connectivity index (χ1v) is 10.3. The minimum atomic E-state index is 0.422. The first-order valence-electron chi connectivity index (χ1n) is 10.3. The van der Waals surface area contributed by atoms with Crippen LogP contribution in [0.2, 0.25) is 0 Å².